The van der Waals surface area contributed by atoms with Crippen LogP contribution in [-0.2, 0) is 14.3 Å². The van der Waals surface area contributed by atoms with Crippen LogP contribution in [0.15, 0.2) is 12.2 Å². The molecule has 0 heterocycles. The maximum absolute atomic E-state index is 12.5. The zero-order valence-electron chi connectivity index (χ0n) is 53.9. The second-order valence-electron chi connectivity index (χ2n) is 25.3. The Bertz CT molecular complexity index is 1190. The number of amides is 1. The predicted octanol–water partition coefficient (Wildman–Crippen LogP) is 23.5. The number of carbonyl (C=O) groups excluding carboxylic acids is 2. The Hall–Kier alpha value is -1.40. The molecule has 0 bridgehead atoms. The number of aliphatic hydroxyl groups is 2. The molecular formula is C73H143NO5. The number of nitrogens with one attached hydrogen (secondary N) is 1. The average molecular weight is 1110 g/mol. The molecule has 0 saturated carbocycles. The van der Waals surface area contributed by atoms with Crippen LogP contribution in [0.25, 0.3) is 0 Å². The van der Waals surface area contributed by atoms with Crippen molar-refractivity contribution in [2.75, 3.05) is 13.2 Å². The topological polar surface area (TPSA) is 95.9 Å². The van der Waals surface area contributed by atoms with Crippen molar-refractivity contribution in [3.8, 4) is 0 Å². The summed E-state index contributed by atoms with van der Waals surface area (Å²) in [6, 6.07) is -0.629. The van der Waals surface area contributed by atoms with Gasteiger partial charge < -0.3 is 20.3 Å². The van der Waals surface area contributed by atoms with Gasteiger partial charge in [-0.1, -0.05) is 386 Å². The molecule has 2 atom stereocenters. The molecule has 0 aromatic heterocycles. The van der Waals surface area contributed by atoms with Gasteiger partial charge in [-0.05, 0) is 32.1 Å². The fourth-order valence-electron chi connectivity index (χ4n) is 11.8. The van der Waals surface area contributed by atoms with Crippen LogP contribution in [0.4, 0.5) is 0 Å². The van der Waals surface area contributed by atoms with E-state index in [2.05, 4.69) is 19.2 Å². The average Bonchev–Trinajstić information content (AvgIpc) is 3.45. The lowest BCUT2D eigenvalue weighted by atomic mass is 10.0. The molecule has 1 amide bonds. The van der Waals surface area contributed by atoms with Gasteiger partial charge in [-0.15, -0.1) is 0 Å². The Morgan fingerprint density at radius 1 is 0.342 bits per heavy atom. The van der Waals surface area contributed by atoms with Crippen LogP contribution < -0.4 is 5.32 Å². The van der Waals surface area contributed by atoms with E-state index < -0.39 is 12.1 Å². The number of esters is 1. The van der Waals surface area contributed by atoms with Crippen LogP contribution >= 0.6 is 0 Å². The second-order valence-corrected chi connectivity index (χ2v) is 25.3. The molecule has 0 aromatic carbocycles. The summed E-state index contributed by atoms with van der Waals surface area (Å²) in [6.07, 6.45) is 85.8. The summed E-state index contributed by atoms with van der Waals surface area (Å²) in [4.78, 5) is 24.6. The molecule has 0 fully saturated rings. The smallest absolute Gasteiger partial charge is 0.305 e. The summed E-state index contributed by atoms with van der Waals surface area (Å²) >= 11 is 0. The van der Waals surface area contributed by atoms with E-state index in [0.29, 0.717) is 19.4 Å². The van der Waals surface area contributed by atoms with Gasteiger partial charge in [-0.3, -0.25) is 9.59 Å². The van der Waals surface area contributed by atoms with Crippen LogP contribution in [0.5, 0.6) is 0 Å². The van der Waals surface area contributed by atoms with Gasteiger partial charge in [0, 0.05) is 12.8 Å². The van der Waals surface area contributed by atoms with Gasteiger partial charge >= 0.3 is 5.97 Å². The van der Waals surface area contributed by atoms with E-state index >= 15 is 0 Å². The van der Waals surface area contributed by atoms with Crippen LogP contribution in [0, 0.1) is 0 Å². The first-order chi connectivity index (χ1) is 39.0. The van der Waals surface area contributed by atoms with E-state index in [1.807, 2.05) is 6.08 Å². The maximum atomic E-state index is 12.5. The number of aliphatic hydroxyl groups excluding tert-OH is 2. The number of carbonyl (C=O) groups is 2. The monoisotopic (exact) mass is 1110 g/mol. The zero-order chi connectivity index (χ0) is 57.1. The Balaban J connectivity index is 3.39. The Morgan fingerprint density at radius 3 is 0.861 bits per heavy atom. The minimum Gasteiger partial charge on any atom is -0.466 e. The summed E-state index contributed by atoms with van der Waals surface area (Å²) in [5, 5.41) is 23.3. The fraction of sp³-hybridized carbons (Fsp3) is 0.945. The second kappa shape index (κ2) is 69.1. The molecule has 0 aliphatic heterocycles. The lowest BCUT2D eigenvalue weighted by Gasteiger charge is -2.20. The molecule has 0 spiro atoms. The quantitative estimate of drug-likeness (QED) is 0.0320. The summed E-state index contributed by atoms with van der Waals surface area (Å²) in [7, 11) is 0. The first kappa shape index (κ1) is 77.6. The molecule has 0 aliphatic carbocycles. The third-order valence-electron chi connectivity index (χ3n) is 17.3. The highest BCUT2D eigenvalue weighted by Crippen LogP contribution is 2.19. The highest BCUT2D eigenvalue weighted by Gasteiger charge is 2.18. The highest BCUT2D eigenvalue weighted by atomic mass is 16.5. The Kier molecular flexibility index (Phi) is 67.9. The third-order valence-corrected chi connectivity index (χ3v) is 17.3. The van der Waals surface area contributed by atoms with Crippen molar-refractivity contribution >= 4 is 11.9 Å². The fourth-order valence-corrected chi connectivity index (χ4v) is 11.8. The van der Waals surface area contributed by atoms with Crippen molar-refractivity contribution in [2.24, 2.45) is 0 Å². The molecule has 0 radical (unpaired) electrons. The number of hydrogen-bond donors (Lipinski definition) is 3. The van der Waals surface area contributed by atoms with Gasteiger partial charge in [0.05, 0.1) is 25.4 Å². The van der Waals surface area contributed by atoms with Crippen molar-refractivity contribution in [3.63, 3.8) is 0 Å². The minimum absolute atomic E-state index is 0.0167. The van der Waals surface area contributed by atoms with E-state index in [9.17, 15) is 19.8 Å². The molecular weight excluding hydrogens is 971 g/mol. The molecule has 79 heavy (non-hydrogen) atoms. The van der Waals surface area contributed by atoms with Crippen molar-refractivity contribution < 1.29 is 24.5 Å². The van der Waals surface area contributed by atoms with E-state index in [4.69, 9.17) is 4.74 Å². The van der Waals surface area contributed by atoms with Gasteiger partial charge in [0.15, 0.2) is 0 Å². The molecule has 470 valence electrons. The highest BCUT2D eigenvalue weighted by molar-refractivity contribution is 5.76. The van der Waals surface area contributed by atoms with Crippen molar-refractivity contribution in [2.45, 2.75) is 431 Å². The molecule has 0 aliphatic rings. The number of hydrogen-bond acceptors (Lipinski definition) is 5. The van der Waals surface area contributed by atoms with Crippen LogP contribution in [0.1, 0.15) is 418 Å². The van der Waals surface area contributed by atoms with Gasteiger partial charge in [0.2, 0.25) is 5.91 Å². The van der Waals surface area contributed by atoms with Crippen LogP contribution in [-0.4, -0.2) is 47.4 Å². The number of unbranched alkanes of at least 4 members (excludes halogenated alkanes) is 58. The van der Waals surface area contributed by atoms with Crippen molar-refractivity contribution in [1.82, 2.24) is 5.32 Å². The lowest BCUT2D eigenvalue weighted by molar-refractivity contribution is -0.143. The molecule has 0 saturated heterocycles. The van der Waals surface area contributed by atoms with Gasteiger partial charge in [-0.2, -0.15) is 0 Å². The third kappa shape index (κ3) is 65.6. The first-order valence-corrected chi connectivity index (χ1v) is 36.5. The number of ether oxygens (including phenoxy) is 1. The maximum Gasteiger partial charge on any atom is 0.305 e. The van der Waals surface area contributed by atoms with Crippen molar-refractivity contribution in [3.05, 3.63) is 12.2 Å². The standard InChI is InChI=1S/C73H143NO5/c1-3-5-7-9-11-13-15-17-19-21-22-23-24-25-27-30-34-37-41-45-49-53-57-61-65-71(76)70(69-75)74-72(77)66-62-58-54-50-46-42-38-35-31-28-26-29-32-36-40-44-48-52-56-60-64-68-79-73(78)67-63-59-55-51-47-43-39-33-20-18-16-14-12-10-8-6-4-2/h61,65,70-71,75-76H,3-60,62-64,66-69H2,1-2H3,(H,74,77)/b65-61+. The van der Waals surface area contributed by atoms with E-state index in [1.165, 1.54) is 353 Å². The van der Waals surface area contributed by atoms with E-state index in [0.717, 1.165) is 38.5 Å². The van der Waals surface area contributed by atoms with Gasteiger partial charge in [0.25, 0.3) is 0 Å². The normalized spacial score (nSPS) is 12.5. The van der Waals surface area contributed by atoms with Gasteiger partial charge in [0.1, 0.15) is 0 Å². The molecule has 2 unspecified atom stereocenters. The largest absolute Gasteiger partial charge is 0.466 e. The Morgan fingerprint density at radius 2 is 0.582 bits per heavy atom. The minimum atomic E-state index is -0.846. The SMILES string of the molecule is CCCCCCCCCCCCCCCCCCCCCCCC/C=C/C(O)C(CO)NC(=O)CCCCCCCCCCCCCCCCCCCCCCCOC(=O)CCCCCCCCCCCCCCCCCCC. The van der Waals surface area contributed by atoms with E-state index in [-0.39, 0.29) is 18.5 Å². The first-order valence-electron chi connectivity index (χ1n) is 36.5. The summed E-state index contributed by atoms with van der Waals surface area (Å²) < 4.78 is 5.51. The molecule has 3 N–H and O–H groups in total. The number of allylic oxidation sites excluding steroid dienone is 1. The predicted molar refractivity (Wildman–Crippen MR) is 347 cm³/mol. The molecule has 6 heteroatoms. The van der Waals surface area contributed by atoms with Crippen molar-refractivity contribution in [1.29, 1.82) is 0 Å². The summed E-state index contributed by atoms with van der Waals surface area (Å²) in [5.74, 6) is -0.0469. The number of rotatable bonds is 69. The molecule has 6 nitrogen and oxygen atoms in total. The zero-order valence-corrected chi connectivity index (χ0v) is 53.9. The van der Waals surface area contributed by atoms with E-state index in [1.54, 1.807) is 6.08 Å². The summed E-state index contributed by atoms with van der Waals surface area (Å²) in [5.41, 5.74) is 0. The van der Waals surface area contributed by atoms with Crippen LogP contribution in [0.2, 0.25) is 0 Å². The molecule has 0 rings (SSSR count). The van der Waals surface area contributed by atoms with Crippen LogP contribution in [0.3, 0.4) is 0 Å². The lowest BCUT2D eigenvalue weighted by Crippen LogP contribution is -2.45. The summed E-state index contributed by atoms with van der Waals surface area (Å²) in [6.45, 7) is 4.95. The molecule has 0 aromatic rings. The Labute approximate surface area is 495 Å². The van der Waals surface area contributed by atoms with Gasteiger partial charge in [-0.25, -0.2) is 0 Å².